The number of hydrogen-bond donors (Lipinski definition) is 2. The molecule has 0 amide bonds. The number of ether oxygens (including phenoxy) is 1. The van der Waals surface area contributed by atoms with E-state index in [1.165, 1.54) is 7.11 Å². The Morgan fingerprint density at radius 3 is 2.53 bits per heavy atom. The van der Waals surface area contributed by atoms with Crippen molar-refractivity contribution in [3.8, 4) is 0 Å². The van der Waals surface area contributed by atoms with Crippen LogP contribution in [0.2, 0.25) is 0 Å². The molecule has 2 N–H and O–H groups in total. The van der Waals surface area contributed by atoms with Crippen LogP contribution in [0.5, 0.6) is 0 Å². The highest BCUT2D eigenvalue weighted by Crippen LogP contribution is 1.97. The first-order valence-corrected chi connectivity index (χ1v) is 6.30. The van der Waals surface area contributed by atoms with Crippen LogP contribution in [0.1, 0.15) is 19.8 Å². The van der Waals surface area contributed by atoms with Crippen LogP contribution in [0.15, 0.2) is 0 Å². The Hall–Kier alpha value is -0.660. The van der Waals surface area contributed by atoms with Crippen molar-refractivity contribution in [1.82, 2.24) is 4.72 Å². The van der Waals surface area contributed by atoms with Crippen molar-refractivity contribution in [2.24, 2.45) is 0 Å². The van der Waals surface area contributed by atoms with Gasteiger partial charge in [0.05, 0.1) is 5.75 Å². The SMILES string of the molecule is CC[C@@H](NS(=O)(=O)CCCOC)C(=O)O. The van der Waals surface area contributed by atoms with Gasteiger partial charge in [-0.3, -0.25) is 4.79 Å². The lowest BCUT2D eigenvalue weighted by Gasteiger charge is -2.12. The molecule has 0 radical (unpaired) electrons. The number of sulfonamides is 1. The van der Waals surface area contributed by atoms with Crippen molar-refractivity contribution >= 4 is 16.0 Å². The topological polar surface area (TPSA) is 92.7 Å². The Morgan fingerprint density at radius 2 is 2.13 bits per heavy atom. The quantitative estimate of drug-likeness (QED) is 0.572. The van der Waals surface area contributed by atoms with E-state index in [-0.39, 0.29) is 12.2 Å². The van der Waals surface area contributed by atoms with Gasteiger partial charge in [0.1, 0.15) is 6.04 Å². The molecule has 0 aromatic heterocycles. The Kier molecular flexibility index (Phi) is 6.46. The number of nitrogens with one attached hydrogen (secondary N) is 1. The fourth-order valence-electron chi connectivity index (χ4n) is 0.977. The Morgan fingerprint density at radius 1 is 1.53 bits per heavy atom. The van der Waals surface area contributed by atoms with Gasteiger partial charge in [-0.25, -0.2) is 13.1 Å². The van der Waals surface area contributed by atoms with E-state index in [4.69, 9.17) is 9.84 Å². The molecule has 0 rings (SSSR count). The molecule has 0 bridgehead atoms. The predicted octanol–water partition coefficient (Wildman–Crippen LogP) is -0.194. The van der Waals surface area contributed by atoms with Crippen molar-refractivity contribution in [1.29, 1.82) is 0 Å². The molecule has 0 saturated heterocycles. The maximum atomic E-state index is 11.3. The summed E-state index contributed by atoms with van der Waals surface area (Å²) in [6.07, 6.45) is 0.570. The third kappa shape index (κ3) is 6.43. The predicted molar refractivity (Wildman–Crippen MR) is 55.1 cm³/mol. The number of carbonyl (C=O) groups is 1. The molecule has 0 aliphatic carbocycles. The van der Waals surface area contributed by atoms with E-state index >= 15 is 0 Å². The van der Waals surface area contributed by atoms with Gasteiger partial charge < -0.3 is 9.84 Å². The van der Waals surface area contributed by atoms with Crippen LogP contribution in [0.25, 0.3) is 0 Å². The lowest BCUT2D eigenvalue weighted by atomic mass is 10.2. The van der Waals surface area contributed by atoms with E-state index in [0.29, 0.717) is 13.0 Å². The maximum Gasteiger partial charge on any atom is 0.321 e. The van der Waals surface area contributed by atoms with Crippen molar-refractivity contribution < 1.29 is 23.1 Å². The minimum Gasteiger partial charge on any atom is -0.480 e. The Labute approximate surface area is 89.7 Å². The fourth-order valence-corrected chi connectivity index (χ4v) is 2.29. The molecular weight excluding hydrogens is 222 g/mol. The largest absolute Gasteiger partial charge is 0.480 e. The van der Waals surface area contributed by atoms with Gasteiger partial charge in [0.2, 0.25) is 10.0 Å². The second-order valence-electron chi connectivity index (χ2n) is 3.08. The van der Waals surface area contributed by atoms with Crippen molar-refractivity contribution in [2.45, 2.75) is 25.8 Å². The van der Waals surface area contributed by atoms with Gasteiger partial charge in [-0.05, 0) is 12.8 Å². The molecule has 0 aromatic carbocycles. The number of rotatable bonds is 8. The Bertz CT molecular complexity index is 287. The van der Waals surface area contributed by atoms with Gasteiger partial charge in [-0.1, -0.05) is 6.92 Å². The van der Waals surface area contributed by atoms with Crippen molar-refractivity contribution in [2.75, 3.05) is 19.5 Å². The highest BCUT2D eigenvalue weighted by atomic mass is 32.2. The molecule has 0 saturated carbocycles. The monoisotopic (exact) mass is 239 g/mol. The first-order chi connectivity index (χ1) is 6.93. The molecule has 1 atom stereocenters. The molecule has 15 heavy (non-hydrogen) atoms. The lowest BCUT2D eigenvalue weighted by Crippen LogP contribution is -2.41. The van der Waals surface area contributed by atoms with E-state index in [2.05, 4.69) is 4.72 Å². The van der Waals surface area contributed by atoms with E-state index in [0.717, 1.165) is 0 Å². The summed E-state index contributed by atoms with van der Waals surface area (Å²) in [4.78, 5) is 10.6. The molecule has 0 aromatic rings. The number of methoxy groups -OCH3 is 1. The highest BCUT2D eigenvalue weighted by molar-refractivity contribution is 7.89. The maximum absolute atomic E-state index is 11.3. The normalized spacial score (nSPS) is 13.7. The van der Waals surface area contributed by atoms with E-state index in [1.807, 2.05) is 0 Å². The molecule has 0 heterocycles. The molecule has 0 aliphatic heterocycles. The lowest BCUT2D eigenvalue weighted by molar-refractivity contribution is -0.139. The average Bonchev–Trinajstić information content (AvgIpc) is 2.14. The van der Waals surface area contributed by atoms with Crippen LogP contribution in [-0.4, -0.2) is 45.0 Å². The average molecular weight is 239 g/mol. The van der Waals surface area contributed by atoms with Gasteiger partial charge >= 0.3 is 5.97 Å². The molecule has 0 aliphatic rings. The third-order valence-electron chi connectivity index (χ3n) is 1.79. The van der Waals surface area contributed by atoms with Crippen LogP contribution in [-0.2, 0) is 19.6 Å². The number of carboxylic acids is 1. The summed E-state index contributed by atoms with van der Waals surface area (Å²) in [6, 6.07) is -1.04. The molecule has 90 valence electrons. The fraction of sp³-hybridized carbons (Fsp3) is 0.875. The molecule has 6 nitrogen and oxygen atoms in total. The van der Waals surface area contributed by atoms with Crippen LogP contribution < -0.4 is 4.72 Å². The minimum absolute atomic E-state index is 0.120. The molecule has 7 heteroatoms. The minimum atomic E-state index is -3.52. The van der Waals surface area contributed by atoms with Gasteiger partial charge in [0.25, 0.3) is 0 Å². The van der Waals surface area contributed by atoms with Crippen LogP contribution in [0.4, 0.5) is 0 Å². The van der Waals surface area contributed by atoms with Crippen molar-refractivity contribution in [3.05, 3.63) is 0 Å². The summed E-state index contributed by atoms with van der Waals surface area (Å²) < 4.78 is 29.5. The molecule has 0 spiro atoms. The van der Waals surface area contributed by atoms with Gasteiger partial charge in [0, 0.05) is 13.7 Å². The zero-order valence-corrected chi connectivity index (χ0v) is 9.71. The second kappa shape index (κ2) is 6.76. The first kappa shape index (κ1) is 14.3. The summed E-state index contributed by atoms with van der Waals surface area (Å²) in [7, 11) is -2.04. The third-order valence-corrected chi connectivity index (χ3v) is 3.26. The number of carboxylic acid groups (broad SMARTS) is 1. The van der Waals surface area contributed by atoms with Gasteiger partial charge in [0.15, 0.2) is 0 Å². The van der Waals surface area contributed by atoms with Crippen LogP contribution in [0, 0.1) is 0 Å². The van der Waals surface area contributed by atoms with E-state index in [9.17, 15) is 13.2 Å². The van der Waals surface area contributed by atoms with Gasteiger partial charge in [-0.2, -0.15) is 0 Å². The van der Waals surface area contributed by atoms with E-state index < -0.39 is 22.0 Å². The smallest absolute Gasteiger partial charge is 0.321 e. The standard InChI is InChI=1S/C8H17NO5S/c1-3-7(8(10)11)9-15(12,13)6-4-5-14-2/h7,9H,3-6H2,1-2H3,(H,10,11)/t7-/m1/s1. The summed E-state index contributed by atoms with van der Waals surface area (Å²) in [5, 5.41) is 8.66. The van der Waals surface area contributed by atoms with Crippen LogP contribution >= 0.6 is 0 Å². The zero-order chi connectivity index (χ0) is 11.9. The van der Waals surface area contributed by atoms with Crippen molar-refractivity contribution in [3.63, 3.8) is 0 Å². The second-order valence-corrected chi connectivity index (χ2v) is 4.96. The zero-order valence-electron chi connectivity index (χ0n) is 8.89. The van der Waals surface area contributed by atoms with Crippen LogP contribution in [0.3, 0.4) is 0 Å². The Balaban J connectivity index is 4.17. The first-order valence-electron chi connectivity index (χ1n) is 4.64. The number of aliphatic carboxylic acids is 1. The molecule has 0 unspecified atom stereocenters. The summed E-state index contributed by atoms with van der Waals surface area (Å²) in [5.74, 6) is -1.28. The molecule has 0 fully saturated rings. The summed E-state index contributed by atoms with van der Waals surface area (Å²) in [6.45, 7) is 1.95. The highest BCUT2D eigenvalue weighted by Gasteiger charge is 2.21. The van der Waals surface area contributed by atoms with E-state index in [1.54, 1.807) is 6.92 Å². The summed E-state index contributed by atoms with van der Waals surface area (Å²) in [5.41, 5.74) is 0. The summed E-state index contributed by atoms with van der Waals surface area (Å²) >= 11 is 0. The number of hydrogen-bond acceptors (Lipinski definition) is 4. The molecular formula is C8H17NO5S. The van der Waals surface area contributed by atoms with Gasteiger partial charge in [-0.15, -0.1) is 0 Å².